The largest absolute Gasteiger partial charge is 0.354 e. The van der Waals surface area contributed by atoms with Crippen molar-refractivity contribution in [1.82, 2.24) is 20.0 Å². The van der Waals surface area contributed by atoms with E-state index in [0.29, 0.717) is 17.7 Å². The predicted molar refractivity (Wildman–Crippen MR) is 209 cm³/mol. The number of rotatable bonds is 12. The molecule has 6 heteroatoms. The molecule has 1 aromatic carbocycles. The Balaban J connectivity index is 0.00000348. The highest BCUT2D eigenvalue weighted by atomic mass is 16.2. The maximum absolute atomic E-state index is 13.7. The van der Waals surface area contributed by atoms with Crippen LogP contribution in [0.15, 0.2) is 114 Å². The molecule has 1 fully saturated rings. The van der Waals surface area contributed by atoms with Gasteiger partial charge < -0.3 is 10.2 Å². The van der Waals surface area contributed by atoms with E-state index in [1.165, 1.54) is 11.1 Å². The van der Waals surface area contributed by atoms with Gasteiger partial charge >= 0.3 is 0 Å². The summed E-state index contributed by atoms with van der Waals surface area (Å²) in [7, 11) is 1.82. The molecule has 0 bridgehead atoms. The van der Waals surface area contributed by atoms with Gasteiger partial charge in [-0.25, -0.2) is 0 Å². The number of hydrogen-bond acceptors (Lipinski definition) is 4. The van der Waals surface area contributed by atoms with Gasteiger partial charge in [0, 0.05) is 58.4 Å². The molecule has 2 unspecified atom stereocenters. The second kappa shape index (κ2) is 24.4. The van der Waals surface area contributed by atoms with Crippen LogP contribution in [0.25, 0.3) is 0 Å². The van der Waals surface area contributed by atoms with Crippen molar-refractivity contribution in [3.05, 3.63) is 119 Å². The van der Waals surface area contributed by atoms with Crippen LogP contribution in [0.2, 0.25) is 0 Å². The Morgan fingerprint density at radius 3 is 2.08 bits per heavy atom. The minimum Gasteiger partial charge on any atom is -0.354 e. The van der Waals surface area contributed by atoms with Gasteiger partial charge in [-0.15, -0.1) is 6.58 Å². The monoisotopic (exact) mass is 659 g/mol. The number of amides is 2. The van der Waals surface area contributed by atoms with Crippen LogP contribution in [0.5, 0.6) is 0 Å². The molecule has 48 heavy (non-hydrogen) atoms. The fourth-order valence-electron chi connectivity index (χ4n) is 5.59. The molecule has 0 aromatic heterocycles. The lowest BCUT2D eigenvalue weighted by atomic mass is 9.91. The molecule has 266 valence electrons. The molecule has 0 spiro atoms. The Morgan fingerprint density at radius 1 is 0.958 bits per heavy atom. The van der Waals surface area contributed by atoms with E-state index in [-0.39, 0.29) is 25.3 Å². The van der Waals surface area contributed by atoms with Crippen molar-refractivity contribution in [3.63, 3.8) is 0 Å². The summed E-state index contributed by atoms with van der Waals surface area (Å²) in [5.74, 6) is -0.739. The molecule has 2 aliphatic rings. The maximum Gasteiger partial charge on any atom is 0.254 e. The Labute approximate surface area is 294 Å². The summed E-state index contributed by atoms with van der Waals surface area (Å²) >= 11 is 0. The fraction of sp³-hybridized carbons (Fsp3) is 0.476. The second-order valence-corrected chi connectivity index (χ2v) is 11.7. The van der Waals surface area contributed by atoms with E-state index >= 15 is 0 Å². The third-order valence-electron chi connectivity index (χ3n) is 8.54. The van der Waals surface area contributed by atoms with Crippen molar-refractivity contribution in [2.45, 2.75) is 81.8 Å². The van der Waals surface area contributed by atoms with Crippen LogP contribution in [0.3, 0.4) is 0 Å². The lowest BCUT2D eigenvalue weighted by molar-refractivity contribution is -0.126. The molecule has 3 rings (SSSR count). The summed E-state index contributed by atoms with van der Waals surface area (Å²) < 4.78 is 0. The van der Waals surface area contributed by atoms with Gasteiger partial charge in [-0.3, -0.25) is 19.4 Å². The van der Waals surface area contributed by atoms with Crippen LogP contribution < -0.4 is 5.32 Å². The van der Waals surface area contributed by atoms with E-state index < -0.39 is 5.92 Å². The molecule has 2 amide bonds. The van der Waals surface area contributed by atoms with Gasteiger partial charge in [0.2, 0.25) is 5.91 Å². The molecule has 1 aliphatic carbocycles. The van der Waals surface area contributed by atoms with Crippen LogP contribution in [-0.4, -0.2) is 78.9 Å². The van der Waals surface area contributed by atoms with Gasteiger partial charge in [0.15, 0.2) is 0 Å². The SMILES string of the molecule is C.C=C(/C(=C\C)C(=O)N(C)C(C)/C(=C/C)C1=C(C)C=CCC=C1)C(C)C(=O)NCCN1CCN(Cc2ccccc2)CC1.C=CC.CC. The molecule has 6 nitrogen and oxygen atoms in total. The van der Waals surface area contributed by atoms with Gasteiger partial charge in [0.25, 0.3) is 5.91 Å². The normalized spacial score (nSPS) is 16.5. The van der Waals surface area contributed by atoms with E-state index in [9.17, 15) is 9.59 Å². The molecule has 1 saturated heterocycles. The zero-order valence-corrected chi connectivity index (χ0v) is 30.8. The zero-order valence-electron chi connectivity index (χ0n) is 30.8. The van der Waals surface area contributed by atoms with Crippen molar-refractivity contribution in [2.75, 3.05) is 46.3 Å². The number of nitrogens with zero attached hydrogens (tertiary/aromatic N) is 3. The molecule has 1 heterocycles. The Hall–Kier alpha value is -3.74. The van der Waals surface area contributed by atoms with Crippen molar-refractivity contribution >= 4 is 11.8 Å². The molecule has 1 aliphatic heterocycles. The number of carbonyl (C=O) groups excluding carboxylic acids is 2. The minimum atomic E-state index is -0.507. The van der Waals surface area contributed by atoms with Crippen molar-refractivity contribution in [1.29, 1.82) is 0 Å². The smallest absolute Gasteiger partial charge is 0.254 e. The number of nitrogens with one attached hydrogen (secondary N) is 1. The van der Waals surface area contributed by atoms with Gasteiger partial charge in [-0.1, -0.05) is 101 Å². The Morgan fingerprint density at radius 2 is 1.52 bits per heavy atom. The summed E-state index contributed by atoms with van der Waals surface area (Å²) in [6.45, 7) is 29.7. The molecule has 1 N–H and O–H groups in total. The Kier molecular flexibility index (Phi) is 22.5. The fourth-order valence-corrected chi connectivity index (χ4v) is 5.59. The highest BCUT2D eigenvalue weighted by Crippen LogP contribution is 2.28. The van der Waals surface area contributed by atoms with Gasteiger partial charge in [-0.2, -0.15) is 0 Å². The molecular weight excluding hydrogens is 592 g/mol. The van der Waals surface area contributed by atoms with Crippen LogP contribution in [0.1, 0.15) is 74.8 Å². The molecular formula is C42H66N4O2. The van der Waals surface area contributed by atoms with Crippen molar-refractivity contribution < 1.29 is 9.59 Å². The van der Waals surface area contributed by atoms with Crippen LogP contribution in [0.4, 0.5) is 0 Å². The van der Waals surface area contributed by atoms with E-state index in [0.717, 1.165) is 56.8 Å². The summed E-state index contributed by atoms with van der Waals surface area (Å²) in [6.07, 6.45) is 15.1. The number of hydrogen-bond donors (Lipinski definition) is 1. The van der Waals surface area contributed by atoms with E-state index in [1.54, 1.807) is 17.1 Å². The van der Waals surface area contributed by atoms with Gasteiger partial charge in [0.05, 0.1) is 12.0 Å². The first-order valence-corrected chi connectivity index (χ1v) is 17.3. The highest BCUT2D eigenvalue weighted by Gasteiger charge is 2.28. The number of piperazine rings is 1. The average molecular weight is 659 g/mol. The van der Waals surface area contributed by atoms with Gasteiger partial charge in [0.1, 0.15) is 0 Å². The maximum atomic E-state index is 13.7. The van der Waals surface area contributed by atoms with E-state index in [1.807, 2.05) is 55.5 Å². The summed E-state index contributed by atoms with van der Waals surface area (Å²) in [5.41, 5.74) is 5.79. The summed E-state index contributed by atoms with van der Waals surface area (Å²) in [6, 6.07) is 10.4. The topological polar surface area (TPSA) is 55.9 Å². The molecule has 0 saturated carbocycles. The molecule has 2 atom stereocenters. The third kappa shape index (κ3) is 13.8. The van der Waals surface area contributed by atoms with Crippen molar-refractivity contribution in [2.24, 2.45) is 5.92 Å². The first-order chi connectivity index (χ1) is 22.6. The minimum absolute atomic E-state index is 0. The summed E-state index contributed by atoms with van der Waals surface area (Å²) in [5, 5.41) is 3.08. The quantitative estimate of drug-likeness (QED) is 0.139. The Bertz CT molecular complexity index is 1290. The van der Waals surface area contributed by atoms with Crippen LogP contribution in [-0.2, 0) is 16.1 Å². The number of allylic oxidation sites excluding steroid dienone is 8. The van der Waals surface area contributed by atoms with E-state index in [2.05, 4.69) is 95.9 Å². The molecule has 1 aromatic rings. The second-order valence-electron chi connectivity index (χ2n) is 11.7. The first-order valence-electron chi connectivity index (χ1n) is 17.3. The average Bonchev–Trinajstić information content (AvgIpc) is 3.30. The van der Waals surface area contributed by atoms with Crippen molar-refractivity contribution in [3.8, 4) is 0 Å². The number of benzene rings is 1. The lowest BCUT2D eigenvalue weighted by Crippen LogP contribution is -2.48. The molecule has 0 radical (unpaired) electrons. The lowest BCUT2D eigenvalue weighted by Gasteiger charge is -2.34. The number of likely N-dealkylation sites (N-methyl/N-ethyl adjacent to an activating group) is 1. The predicted octanol–water partition coefficient (Wildman–Crippen LogP) is 8.54. The number of carbonyl (C=O) groups is 2. The van der Waals surface area contributed by atoms with E-state index in [4.69, 9.17) is 0 Å². The van der Waals surface area contributed by atoms with Gasteiger partial charge in [-0.05, 0) is 75.8 Å². The standard InChI is InChI=1S/C36H50N4O2.C3H6.C2H6.CH4/c1-8-32(36(42)38(7)30(6)33(9-2)34-19-15-10-12-16-27(34)3)28(4)29(5)35(41)37-20-21-39-22-24-40(25-23-39)26-31-17-13-11-14-18-31;1-3-2;1-2;/h8-9,11-19,29-30H,4,10,20-26H2,1-3,5-7H3,(H,37,41);3H,1H2,2H3;1-2H3;1H4/b32-8+,33-9-;;;. The van der Waals surface area contributed by atoms with Crippen LogP contribution in [0, 0.1) is 5.92 Å². The highest BCUT2D eigenvalue weighted by molar-refractivity contribution is 6.00. The summed E-state index contributed by atoms with van der Waals surface area (Å²) in [4.78, 5) is 33.4. The first kappa shape index (κ1) is 44.3. The zero-order chi connectivity index (χ0) is 35.4. The third-order valence-corrected chi connectivity index (χ3v) is 8.54. The van der Waals surface area contributed by atoms with Crippen LogP contribution >= 0.6 is 0 Å².